The number of hydrogen-bond donors (Lipinski definition) is 3. The van der Waals surface area contributed by atoms with Crippen LogP contribution in [0, 0.1) is 6.92 Å². The van der Waals surface area contributed by atoms with Crippen LogP contribution in [0.4, 0.5) is 5.69 Å². The number of fused-ring (bicyclic) bond motifs is 2. The van der Waals surface area contributed by atoms with Gasteiger partial charge in [0.2, 0.25) is 0 Å². The maximum absolute atomic E-state index is 12.0. The zero-order valence-electron chi connectivity index (χ0n) is 8.94. The van der Waals surface area contributed by atoms with Crippen LogP contribution < -0.4 is 10.8 Å². The van der Waals surface area contributed by atoms with E-state index in [1.54, 1.807) is 0 Å². The summed E-state index contributed by atoms with van der Waals surface area (Å²) in [6.45, 7) is 1.93. The van der Waals surface area contributed by atoms with Crippen LogP contribution in [0.5, 0.6) is 0 Å². The molecule has 2 heterocycles. The normalized spacial score (nSPS) is 16.7. The highest BCUT2D eigenvalue weighted by Gasteiger charge is 2.25. The van der Waals surface area contributed by atoms with Gasteiger partial charge in [0, 0.05) is 4.90 Å². The van der Waals surface area contributed by atoms with Gasteiger partial charge < -0.3 is 10.2 Å². The molecule has 1 aromatic carbocycles. The maximum Gasteiger partial charge on any atom is 0.259 e. The lowest BCUT2D eigenvalue weighted by atomic mass is 10.1. The Hall–Kier alpha value is -1.95. The number of aliphatic imine (C=N–C) groups is 1. The van der Waals surface area contributed by atoms with E-state index < -0.39 is 0 Å². The molecule has 0 radical (unpaired) electrons. The van der Waals surface area contributed by atoms with Crippen molar-refractivity contribution < 1.29 is 9.63 Å². The van der Waals surface area contributed by atoms with Crippen molar-refractivity contribution in [3.8, 4) is 0 Å². The van der Waals surface area contributed by atoms with Crippen molar-refractivity contribution in [3.63, 3.8) is 0 Å². The Morgan fingerprint density at radius 3 is 3.06 bits per heavy atom. The van der Waals surface area contributed by atoms with E-state index in [1.165, 1.54) is 6.26 Å². The number of carbonyl (C=O) groups excluding carboxylic acids is 1. The van der Waals surface area contributed by atoms with Crippen molar-refractivity contribution in [2.45, 2.75) is 11.8 Å². The van der Waals surface area contributed by atoms with Crippen molar-refractivity contribution in [1.29, 1.82) is 0 Å². The second-order valence-corrected chi connectivity index (χ2v) is 4.33. The molecule has 1 aromatic rings. The van der Waals surface area contributed by atoms with E-state index in [1.807, 2.05) is 19.1 Å². The van der Waals surface area contributed by atoms with Crippen LogP contribution in [0.3, 0.4) is 0 Å². The average Bonchev–Trinajstić information content (AvgIpc) is 2.59. The van der Waals surface area contributed by atoms with Crippen molar-refractivity contribution in [2.75, 3.05) is 0 Å². The number of rotatable bonds is 0. The minimum atomic E-state index is -0.234. The van der Waals surface area contributed by atoms with Crippen LogP contribution >= 0.6 is 12.6 Å². The van der Waals surface area contributed by atoms with Crippen molar-refractivity contribution >= 4 is 30.1 Å². The summed E-state index contributed by atoms with van der Waals surface area (Å²) in [7, 11) is 0. The van der Waals surface area contributed by atoms with Gasteiger partial charge in [-0.3, -0.25) is 4.79 Å². The number of hydrogen-bond acceptors (Lipinski definition) is 5. The zero-order chi connectivity index (χ0) is 12.0. The molecule has 2 aliphatic rings. The van der Waals surface area contributed by atoms with Crippen LogP contribution in [0.2, 0.25) is 0 Å². The molecule has 1 amide bonds. The van der Waals surface area contributed by atoms with Gasteiger partial charge in [-0.1, -0.05) is 0 Å². The first-order valence-corrected chi connectivity index (χ1v) is 5.46. The molecule has 0 unspecified atom stereocenters. The predicted molar refractivity (Wildman–Crippen MR) is 65.3 cm³/mol. The number of carbonyl (C=O) groups is 1. The molecule has 0 aliphatic carbocycles. The lowest BCUT2D eigenvalue weighted by molar-refractivity contribution is 0.0966. The number of hydroxylamine groups is 1. The van der Waals surface area contributed by atoms with E-state index in [2.05, 4.69) is 28.4 Å². The molecule has 86 valence electrons. The van der Waals surface area contributed by atoms with Crippen LogP contribution in [0.1, 0.15) is 15.9 Å². The molecule has 5 nitrogen and oxygen atoms in total. The Morgan fingerprint density at radius 2 is 2.24 bits per heavy atom. The van der Waals surface area contributed by atoms with Crippen LogP contribution in [-0.2, 0) is 4.84 Å². The third kappa shape index (κ3) is 1.57. The Bertz CT molecular complexity index is 593. The summed E-state index contributed by atoms with van der Waals surface area (Å²) >= 11 is 4.32. The standard InChI is InChI=1S/C11H9N3O2S/c1-5-2-6-9(8(17)3-5)11(15)13-7-4-16-14-10(7)12-6/h2-4,17H,1H3,(H,12,14)(H,13,15). The molecule has 2 aliphatic heterocycles. The SMILES string of the molecule is Cc1cc(S)c2c(c1)N=C1NOC=C1NC2=O. The largest absolute Gasteiger partial charge is 0.386 e. The minimum absolute atomic E-state index is 0.234. The lowest BCUT2D eigenvalue weighted by Crippen LogP contribution is -2.27. The van der Waals surface area contributed by atoms with Gasteiger partial charge in [0.25, 0.3) is 5.91 Å². The number of nitrogens with one attached hydrogen (secondary N) is 2. The number of amidine groups is 1. The van der Waals surface area contributed by atoms with Crippen molar-refractivity contribution in [1.82, 2.24) is 10.8 Å². The molecule has 0 saturated heterocycles. The third-order valence-corrected chi connectivity index (χ3v) is 2.89. The second kappa shape index (κ2) is 3.53. The van der Waals surface area contributed by atoms with Gasteiger partial charge in [0.1, 0.15) is 12.0 Å². The van der Waals surface area contributed by atoms with Crippen LogP contribution in [-0.4, -0.2) is 11.7 Å². The fraction of sp³-hybridized carbons (Fsp3) is 0.0909. The molecule has 0 bridgehead atoms. The highest BCUT2D eigenvalue weighted by molar-refractivity contribution is 7.80. The maximum atomic E-state index is 12.0. The number of aryl methyl sites for hydroxylation is 1. The van der Waals surface area contributed by atoms with Gasteiger partial charge >= 0.3 is 0 Å². The smallest absolute Gasteiger partial charge is 0.259 e. The third-order valence-electron chi connectivity index (χ3n) is 2.54. The number of nitrogens with zero attached hydrogens (tertiary/aromatic N) is 1. The lowest BCUT2D eigenvalue weighted by Gasteiger charge is -2.07. The van der Waals surface area contributed by atoms with Gasteiger partial charge in [-0.25, -0.2) is 10.5 Å². The quantitative estimate of drug-likeness (QED) is 0.608. The van der Waals surface area contributed by atoms with E-state index in [0.29, 0.717) is 27.7 Å². The predicted octanol–water partition coefficient (Wildman–Crippen LogP) is 1.43. The molecule has 17 heavy (non-hydrogen) atoms. The topological polar surface area (TPSA) is 62.7 Å². The fourth-order valence-corrected chi connectivity index (χ4v) is 2.22. The highest BCUT2D eigenvalue weighted by Crippen LogP contribution is 2.30. The molecule has 0 spiro atoms. The minimum Gasteiger partial charge on any atom is -0.386 e. The summed E-state index contributed by atoms with van der Waals surface area (Å²) in [6, 6.07) is 3.67. The molecule has 0 saturated carbocycles. The van der Waals surface area contributed by atoms with E-state index in [0.717, 1.165) is 5.56 Å². The fourth-order valence-electron chi connectivity index (χ4n) is 1.80. The first-order valence-electron chi connectivity index (χ1n) is 5.01. The first-order chi connectivity index (χ1) is 8.15. The molecule has 0 fully saturated rings. The number of amides is 1. The second-order valence-electron chi connectivity index (χ2n) is 3.84. The Morgan fingerprint density at radius 1 is 1.41 bits per heavy atom. The van der Waals surface area contributed by atoms with Gasteiger partial charge in [-0.2, -0.15) is 0 Å². The van der Waals surface area contributed by atoms with Gasteiger partial charge in [0.05, 0.1) is 11.3 Å². The molecule has 3 rings (SSSR count). The average molecular weight is 247 g/mol. The number of thiol groups is 1. The summed E-state index contributed by atoms with van der Waals surface area (Å²) in [6.07, 6.45) is 1.41. The molecule has 0 aromatic heterocycles. The summed E-state index contributed by atoms with van der Waals surface area (Å²) in [5.74, 6) is 0.262. The Balaban J connectivity index is 2.25. The summed E-state index contributed by atoms with van der Waals surface area (Å²) in [4.78, 5) is 21.9. The molecular weight excluding hydrogens is 238 g/mol. The molecule has 2 N–H and O–H groups in total. The molecule has 0 atom stereocenters. The van der Waals surface area contributed by atoms with E-state index in [4.69, 9.17) is 4.84 Å². The summed E-state index contributed by atoms with van der Waals surface area (Å²) in [5, 5.41) is 2.71. The van der Waals surface area contributed by atoms with Crippen molar-refractivity contribution in [2.24, 2.45) is 4.99 Å². The zero-order valence-corrected chi connectivity index (χ0v) is 9.84. The van der Waals surface area contributed by atoms with E-state index in [-0.39, 0.29) is 5.91 Å². The van der Waals surface area contributed by atoms with Crippen molar-refractivity contribution in [3.05, 3.63) is 35.2 Å². The highest BCUT2D eigenvalue weighted by atomic mass is 32.1. The summed E-state index contributed by atoms with van der Waals surface area (Å²) < 4.78 is 0. The van der Waals surface area contributed by atoms with Gasteiger partial charge in [0.15, 0.2) is 5.84 Å². The van der Waals surface area contributed by atoms with E-state index in [9.17, 15) is 4.79 Å². The van der Waals surface area contributed by atoms with E-state index >= 15 is 0 Å². The monoisotopic (exact) mass is 247 g/mol. The van der Waals surface area contributed by atoms with Crippen LogP contribution in [0.15, 0.2) is 34.0 Å². The van der Waals surface area contributed by atoms with Gasteiger partial charge in [-0.15, -0.1) is 12.6 Å². The molecular formula is C11H9N3O2S. The number of benzene rings is 1. The Labute approximate surface area is 103 Å². The van der Waals surface area contributed by atoms with Gasteiger partial charge in [-0.05, 0) is 24.6 Å². The summed E-state index contributed by atoms with van der Waals surface area (Å²) in [5.41, 5.74) is 5.20. The first kappa shape index (κ1) is 10.2. The molecule has 6 heteroatoms. The Kier molecular flexibility index (Phi) is 2.12. The van der Waals surface area contributed by atoms with Crippen LogP contribution in [0.25, 0.3) is 0 Å².